The number of amides is 1. The predicted octanol–water partition coefficient (Wildman–Crippen LogP) is 5.63. The molecule has 2 heterocycles. The average molecular weight is 404 g/mol. The lowest BCUT2D eigenvalue weighted by atomic mass is 10.1. The number of carbonyl (C=O) groups is 2. The van der Waals surface area contributed by atoms with Crippen molar-refractivity contribution in [1.82, 2.24) is 9.55 Å². The first kappa shape index (κ1) is 19.1. The molecule has 1 N–H and O–H groups in total. The van der Waals surface area contributed by atoms with Crippen LogP contribution in [0.25, 0.3) is 21.7 Å². The second-order valence-corrected chi connectivity index (χ2v) is 7.91. The summed E-state index contributed by atoms with van der Waals surface area (Å²) in [6.07, 6.45) is 1.00. The molecule has 2 aromatic carbocycles. The number of para-hydroxylation sites is 2. The molecule has 4 rings (SSSR count). The summed E-state index contributed by atoms with van der Waals surface area (Å²) in [4.78, 5) is 30.4. The van der Waals surface area contributed by atoms with E-state index in [0.29, 0.717) is 16.1 Å². The van der Waals surface area contributed by atoms with E-state index < -0.39 is 0 Å². The molecule has 0 aliphatic carbocycles. The number of benzene rings is 2. The van der Waals surface area contributed by atoms with E-state index in [9.17, 15) is 9.59 Å². The number of thiophene rings is 1. The Morgan fingerprint density at radius 1 is 1.03 bits per heavy atom. The van der Waals surface area contributed by atoms with E-state index in [1.165, 1.54) is 18.3 Å². The molecule has 2 aromatic heterocycles. The molecule has 6 heteroatoms. The zero-order chi connectivity index (χ0) is 20.4. The average Bonchev–Trinajstić information content (AvgIpc) is 3.34. The Morgan fingerprint density at radius 2 is 1.79 bits per heavy atom. The van der Waals surface area contributed by atoms with Gasteiger partial charge in [0.15, 0.2) is 11.6 Å². The maximum Gasteiger partial charge on any atom is 0.265 e. The van der Waals surface area contributed by atoms with Crippen LogP contribution in [-0.4, -0.2) is 21.2 Å². The molecular formula is C23H21N3O2S. The van der Waals surface area contributed by atoms with Crippen molar-refractivity contribution in [3.8, 4) is 10.7 Å². The van der Waals surface area contributed by atoms with Crippen molar-refractivity contribution in [3.05, 3.63) is 71.1 Å². The molecule has 0 saturated carbocycles. The minimum Gasteiger partial charge on any atom is -0.323 e. The van der Waals surface area contributed by atoms with Crippen LogP contribution in [0, 0.1) is 0 Å². The van der Waals surface area contributed by atoms with Crippen LogP contribution in [0.5, 0.6) is 0 Å². The highest BCUT2D eigenvalue weighted by molar-refractivity contribution is 7.17. The predicted molar refractivity (Wildman–Crippen MR) is 118 cm³/mol. The number of ketones is 1. The summed E-state index contributed by atoms with van der Waals surface area (Å²) in [6.45, 7) is 4.54. The molecule has 0 aliphatic rings. The van der Waals surface area contributed by atoms with Gasteiger partial charge in [-0.15, -0.1) is 11.3 Å². The van der Waals surface area contributed by atoms with Gasteiger partial charge in [-0.05, 0) is 61.9 Å². The van der Waals surface area contributed by atoms with Crippen molar-refractivity contribution in [1.29, 1.82) is 0 Å². The van der Waals surface area contributed by atoms with Gasteiger partial charge in [0.05, 0.1) is 20.8 Å². The molecule has 4 aromatic rings. The number of hydrogen-bond donors (Lipinski definition) is 1. The third-order valence-electron chi connectivity index (χ3n) is 4.70. The number of carbonyl (C=O) groups excluding carboxylic acids is 2. The van der Waals surface area contributed by atoms with E-state index in [1.54, 1.807) is 24.3 Å². The number of Topliss-reactive ketones (excluding diaryl/α,β-unsaturated/α-hetero) is 1. The van der Waals surface area contributed by atoms with Crippen LogP contribution in [0.2, 0.25) is 0 Å². The van der Waals surface area contributed by atoms with Gasteiger partial charge in [0.2, 0.25) is 0 Å². The zero-order valence-corrected chi connectivity index (χ0v) is 17.1. The van der Waals surface area contributed by atoms with Gasteiger partial charge in [0, 0.05) is 17.8 Å². The molecule has 0 spiro atoms. The third kappa shape index (κ3) is 3.84. The van der Waals surface area contributed by atoms with Crippen LogP contribution >= 0.6 is 11.3 Å². The summed E-state index contributed by atoms with van der Waals surface area (Å²) >= 11 is 1.43. The van der Waals surface area contributed by atoms with Gasteiger partial charge in [0.25, 0.3) is 5.91 Å². The normalized spacial score (nSPS) is 11.0. The second-order valence-electron chi connectivity index (χ2n) is 6.83. The van der Waals surface area contributed by atoms with Gasteiger partial charge in [-0.3, -0.25) is 9.59 Å². The Kier molecular flexibility index (Phi) is 5.27. The van der Waals surface area contributed by atoms with Gasteiger partial charge < -0.3 is 9.88 Å². The summed E-state index contributed by atoms with van der Waals surface area (Å²) in [6, 6.07) is 18.8. The van der Waals surface area contributed by atoms with E-state index in [-0.39, 0.29) is 11.7 Å². The quantitative estimate of drug-likeness (QED) is 0.424. The number of hydrogen-bond acceptors (Lipinski definition) is 4. The number of aryl methyl sites for hydroxylation is 1. The van der Waals surface area contributed by atoms with Crippen LogP contribution in [0.1, 0.15) is 40.3 Å². The summed E-state index contributed by atoms with van der Waals surface area (Å²) in [7, 11) is 0. The maximum absolute atomic E-state index is 12.7. The standard InChI is InChI=1S/C23H21N3O2S/c1-3-14-26-19-7-5-4-6-18(19)25-22(26)20-12-13-21(29-20)23(28)24-17-10-8-16(9-11-17)15(2)27/h4-13H,3,14H2,1-2H3,(H,24,28). The fourth-order valence-corrected chi connectivity index (χ4v) is 4.17. The fraction of sp³-hybridized carbons (Fsp3) is 0.174. The molecule has 0 aliphatic heterocycles. The smallest absolute Gasteiger partial charge is 0.265 e. The highest BCUT2D eigenvalue weighted by Crippen LogP contribution is 2.31. The third-order valence-corrected chi connectivity index (χ3v) is 5.78. The topological polar surface area (TPSA) is 64.0 Å². The lowest BCUT2D eigenvalue weighted by molar-refractivity contribution is 0.101. The number of nitrogens with one attached hydrogen (secondary N) is 1. The maximum atomic E-state index is 12.7. The summed E-state index contributed by atoms with van der Waals surface area (Å²) in [5.41, 5.74) is 3.35. The van der Waals surface area contributed by atoms with Gasteiger partial charge >= 0.3 is 0 Å². The second kappa shape index (κ2) is 8.01. The first-order valence-electron chi connectivity index (χ1n) is 9.54. The van der Waals surface area contributed by atoms with Crippen LogP contribution in [0.15, 0.2) is 60.7 Å². The summed E-state index contributed by atoms with van der Waals surface area (Å²) in [5.74, 6) is 0.721. The highest BCUT2D eigenvalue weighted by Gasteiger charge is 2.16. The van der Waals surface area contributed by atoms with Crippen molar-refractivity contribution in [2.45, 2.75) is 26.8 Å². The molecule has 5 nitrogen and oxygen atoms in total. The van der Waals surface area contributed by atoms with Crippen LogP contribution < -0.4 is 5.32 Å². The van der Waals surface area contributed by atoms with Crippen molar-refractivity contribution in [2.75, 3.05) is 5.32 Å². The van der Waals surface area contributed by atoms with Gasteiger partial charge in [-0.1, -0.05) is 19.1 Å². The van der Waals surface area contributed by atoms with Gasteiger partial charge in [-0.25, -0.2) is 4.98 Å². The Bertz CT molecular complexity index is 1190. The molecule has 0 atom stereocenters. The van der Waals surface area contributed by atoms with E-state index in [1.807, 2.05) is 30.3 Å². The lowest BCUT2D eigenvalue weighted by Crippen LogP contribution is -2.10. The zero-order valence-electron chi connectivity index (χ0n) is 16.3. The first-order valence-corrected chi connectivity index (χ1v) is 10.4. The minimum absolute atomic E-state index is 0.000688. The number of aromatic nitrogens is 2. The summed E-state index contributed by atoms with van der Waals surface area (Å²) in [5, 5.41) is 2.89. The summed E-state index contributed by atoms with van der Waals surface area (Å²) < 4.78 is 2.21. The molecule has 0 bridgehead atoms. The van der Waals surface area contributed by atoms with Crippen molar-refractivity contribution >= 4 is 39.7 Å². The Hall–Kier alpha value is -3.25. The number of imidazole rings is 1. The highest BCUT2D eigenvalue weighted by atomic mass is 32.1. The van der Waals surface area contributed by atoms with Crippen molar-refractivity contribution in [2.24, 2.45) is 0 Å². The largest absolute Gasteiger partial charge is 0.323 e. The van der Waals surface area contributed by atoms with Crippen LogP contribution in [0.3, 0.4) is 0 Å². The molecule has 0 saturated heterocycles. The van der Waals surface area contributed by atoms with E-state index in [0.717, 1.165) is 34.7 Å². The number of anilines is 1. The SMILES string of the molecule is CCCn1c(-c2ccc(C(=O)Nc3ccc(C(C)=O)cc3)s2)nc2ccccc21. The van der Waals surface area contributed by atoms with E-state index in [2.05, 4.69) is 22.9 Å². The molecule has 146 valence electrons. The van der Waals surface area contributed by atoms with Crippen molar-refractivity contribution in [3.63, 3.8) is 0 Å². The van der Waals surface area contributed by atoms with E-state index >= 15 is 0 Å². The minimum atomic E-state index is -0.171. The molecule has 0 unspecified atom stereocenters. The molecule has 1 amide bonds. The number of fused-ring (bicyclic) bond motifs is 1. The van der Waals surface area contributed by atoms with Crippen molar-refractivity contribution < 1.29 is 9.59 Å². The van der Waals surface area contributed by atoms with Gasteiger partial charge in [-0.2, -0.15) is 0 Å². The van der Waals surface area contributed by atoms with Crippen LogP contribution in [0.4, 0.5) is 5.69 Å². The first-order chi connectivity index (χ1) is 14.1. The number of rotatable bonds is 6. The van der Waals surface area contributed by atoms with E-state index in [4.69, 9.17) is 4.98 Å². The molecule has 29 heavy (non-hydrogen) atoms. The molecular weight excluding hydrogens is 382 g/mol. The van der Waals surface area contributed by atoms with Gasteiger partial charge in [0.1, 0.15) is 0 Å². The Balaban J connectivity index is 1.60. The fourth-order valence-electron chi connectivity index (χ4n) is 3.27. The Labute approximate surface area is 173 Å². The molecule has 0 radical (unpaired) electrons. The van der Waals surface area contributed by atoms with Crippen LogP contribution in [-0.2, 0) is 6.54 Å². The monoisotopic (exact) mass is 403 g/mol. The number of nitrogens with zero attached hydrogens (tertiary/aromatic N) is 2. The molecule has 0 fully saturated rings. The Morgan fingerprint density at radius 3 is 2.52 bits per heavy atom. The lowest BCUT2D eigenvalue weighted by Gasteiger charge is -2.06.